The lowest BCUT2D eigenvalue weighted by atomic mass is 9.93. The summed E-state index contributed by atoms with van der Waals surface area (Å²) in [7, 11) is 1.56. The highest BCUT2D eigenvalue weighted by Gasteiger charge is 2.41. The number of allylic oxidation sites excluding steroid dienone is 1. The molecule has 0 fully saturated rings. The minimum Gasteiger partial charge on any atom is -0.459 e. The van der Waals surface area contributed by atoms with Gasteiger partial charge in [0.25, 0.3) is 0 Å². The molecule has 2 heterocycles. The number of amides is 1. The van der Waals surface area contributed by atoms with Crippen molar-refractivity contribution in [2.75, 3.05) is 20.3 Å². The molecule has 0 saturated carbocycles. The first-order chi connectivity index (χ1) is 14.8. The number of aliphatic imine (C=N–C) groups is 1. The van der Waals surface area contributed by atoms with E-state index in [9.17, 15) is 14.0 Å². The second kappa shape index (κ2) is 10.1. The summed E-state index contributed by atoms with van der Waals surface area (Å²) in [4.78, 5) is 31.8. The second-order valence-electron chi connectivity index (χ2n) is 7.42. The number of nitrogens with one attached hydrogen (secondary N) is 1. The summed E-state index contributed by atoms with van der Waals surface area (Å²) in [6.07, 6.45) is -0.228. The summed E-state index contributed by atoms with van der Waals surface area (Å²) < 4.78 is 24.5. The van der Waals surface area contributed by atoms with E-state index in [0.717, 1.165) is 0 Å². The molecule has 31 heavy (non-hydrogen) atoms. The maximum atomic E-state index is 14.1. The van der Waals surface area contributed by atoms with E-state index in [-0.39, 0.29) is 18.4 Å². The molecular formula is C22H26FN3O4S. The van der Waals surface area contributed by atoms with Crippen molar-refractivity contribution in [2.24, 2.45) is 4.99 Å². The van der Waals surface area contributed by atoms with Crippen LogP contribution in [0.4, 0.5) is 4.39 Å². The van der Waals surface area contributed by atoms with Gasteiger partial charge in [0.1, 0.15) is 5.82 Å². The molecule has 3 rings (SSSR count). The summed E-state index contributed by atoms with van der Waals surface area (Å²) in [5.41, 5.74) is 2.10. The van der Waals surface area contributed by atoms with Crippen molar-refractivity contribution in [3.63, 3.8) is 0 Å². The molecule has 0 saturated heterocycles. The number of carbonyl (C=O) groups is 2. The third kappa shape index (κ3) is 5.34. The molecule has 0 bridgehead atoms. The highest BCUT2D eigenvalue weighted by Crippen LogP contribution is 2.44. The molecule has 2 aliphatic rings. The molecule has 9 heteroatoms. The fourth-order valence-electron chi connectivity index (χ4n) is 3.42. The molecule has 1 aromatic carbocycles. The third-order valence-corrected chi connectivity index (χ3v) is 5.59. The summed E-state index contributed by atoms with van der Waals surface area (Å²) in [6, 6.07) is 5.45. The first-order valence-corrected chi connectivity index (χ1v) is 10.9. The fourth-order valence-corrected chi connectivity index (χ4v) is 4.38. The van der Waals surface area contributed by atoms with E-state index in [1.165, 1.54) is 23.9 Å². The minimum atomic E-state index is -0.650. The number of methoxy groups -OCH3 is 1. The van der Waals surface area contributed by atoms with Gasteiger partial charge >= 0.3 is 5.97 Å². The van der Waals surface area contributed by atoms with Crippen molar-refractivity contribution in [1.82, 2.24) is 10.2 Å². The average Bonchev–Trinajstić information content (AvgIpc) is 3.08. The zero-order chi connectivity index (χ0) is 22.5. The number of nitrogens with zero attached hydrogens (tertiary/aromatic N) is 2. The Morgan fingerprint density at radius 3 is 2.81 bits per heavy atom. The minimum absolute atomic E-state index is 0.0904. The van der Waals surface area contributed by atoms with Gasteiger partial charge < -0.3 is 19.7 Å². The Hall–Kier alpha value is -2.65. The van der Waals surface area contributed by atoms with Crippen LogP contribution in [0.1, 0.15) is 38.8 Å². The van der Waals surface area contributed by atoms with Crippen molar-refractivity contribution >= 4 is 28.8 Å². The van der Waals surface area contributed by atoms with Crippen LogP contribution in [0.15, 0.2) is 51.6 Å². The Morgan fingerprint density at radius 1 is 1.35 bits per heavy atom. The van der Waals surface area contributed by atoms with Gasteiger partial charge in [-0.05, 0) is 43.9 Å². The van der Waals surface area contributed by atoms with Crippen molar-refractivity contribution in [2.45, 2.75) is 39.3 Å². The smallest absolute Gasteiger partial charge is 0.338 e. The van der Waals surface area contributed by atoms with Gasteiger partial charge in [0.05, 0.1) is 36.4 Å². The average molecular weight is 448 g/mol. The van der Waals surface area contributed by atoms with Crippen LogP contribution < -0.4 is 5.32 Å². The Bertz CT molecular complexity index is 958. The van der Waals surface area contributed by atoms with Crippen molar-refractivity contribution in [1.29, 1.82) is 0 Å². The number of thioether (sulfide) groups is 1. The zero-order valence-electron chi connectivity index (χ0n) is 18.0. The second-order valence-corrected chi connectivity index (χ2v) is 8.26. The lowest BCUT2D eigenvalue weighted by molar-refractivity contribution is -0.143. The quantitative estimate of drug-likeness (QED) is 0.485. The number of amidine groups is 1. The monoisotopic (exact) mass is 447 g/mol. The highest BCUT2D eigenvalue weighted by molar-refractivity contribution is 8.16. The number of hydrogen-bond donors (Lipinski definition) is 1. The van der Waals surface area contributed by atoms with Crippen LogP contribution in [-0.4, -0.2) is 48.3 Å². The fraction of sp³-hybridized carbons (Fsp3) is 0.409. The number of hydrogen-bond acceptors (Lipinski definition) is 7. The topological polar surface area (TPSA) is 80.2 Å². The third-order valence-electron chi connectivity index (χ3n) is 4.70. The van der Waals surface area contributed by atoms with E-state index in [1.807, 2.05) is 10.3 Å². The largest absolute Gasteiger partial charge is 0.459 e. The van der Waals surface area contributed by atoms with Crippen molar-refractivity contribution < 1.29 is 23.5 Å². The van der Waals surface area contributed by atoms with Gasteiger partial charge in [-0.15, -0.1) is 0 Å². The van der Waals surface area contributed by atoms with E-state index in [1.54, 1.807) is 40.0 Å². The van der Waals surface area contributed by atoms with Crippen LogP contribution in [0.2, 0.25) is 0 Å². The number of esters is 1. The molecule has 1 aromatic rings. The highest BCUT2D eigenvalue weighted by atomic mass is 32.2. The van der Waals surface area contributed by atoms with E-state index in [4.69, 9.17) is 9.47 Å². The van der Waals surface area contributed by atoms with Gasteiger partial charge in [0, 0.05) is 19.4 Å². The summed E-state index contributed by atoms with van der Waals surface area (Å²) >= 11 is 1.37. The SMILES string of the molecule is COCCNC(=O)CC1=CSC2=NC(C)=C(C(=O)OC(C)C)[C@@H](c3cccc(F)c3)N12. The van der Waals surface area contributed by atoms with Gasteiger partial charge in [-0.25, -0.2) is 14.2 Å². The van der Waals surface area contributed by atoms with E-state index in [2.05, 4.69) is 10.3 Å². The Labute approximate surface area is 185 Å². The summed E-state index contributed by atoms with van der Waals surface area (Å²) in [5.74, 6) is -1.10. The maximum Gasteiger partial charge on any atom is 0.338 e. The zero-order valence-corrected chi connectivity index (χ0v) is 18.8. The Morgan fingerprint density at radius 2 is 2.13 bits per heavy atom. The van der Waals surface area contributed by atoms with E-state index >= 15 is 0 Å². The number of halogens is 1. The van der Waals surface area contributed by atoms with E-state index in [0.29, 0.717) is 40.8 Å². The summed E-state index contributed by atoms with van der Waals surface area (Å²) in [5, 5.41) is 5.26. The molecule has 166 valence electrons. The number of fused-ring (bicyclic) bond motifs is 1. The lowest BCUT2D eigenvalue weighted by Crippen LogP contribution is -2.38. The van der Waals surface area contributed by atoms with Crippen LogP contribution in [-0.2, 0) is 19.1 Å². The van der Waals surface area contributed by atoms with Gasteiger partial charge in [-0.2, -0.15) is 0 Å². The van der Waals surface area contributed by atoms with Crippen LogP contribution in [0.5, 0.6) is 0 Å². The molecule has 2 aliphatic heterocycles. The standard InChI is InChI=1S/C22H26FN3O4S/c1-13(2)30-21(28)19-14(3)25-22-26(20(19)15-6-5-7-16(23)10-15)17(12-31-22)11-18(27)24-8-9-29-4/h5-7,10,12-13,20H,8-9,11H2,1-4H3,(H,24,27)/t20-/m1/s1. The first kappa shape index (κ1) is 23.0. The molecular weight excluding hydrogens is 421 g/mol. The van der Waals surface area contributed by atoms with Crippen LogP contribution in [0.25, 0.3) is 0 Å². The molecule has 7 nitrogen and oxygen atoms in total. The van der Waals surface area contributed by atoms with E-state index < -0.39 is 17.8 Å². The maximum absolute atomic E-state index is 14.1. The molecule has 0 spiro atoms. The summed E-state index contributed by atoms with van der Waals surface area (Å²) in [6.45, 7) is 6.08. The van der Waals surface area contributed by atoms with Crippen molar-refractivity contribution in [3.05, 3.63) is 58.0 Å². The van der Waals surface area contributed by atoms with Gasteiger partial charge in [-0.1, -0.05) is 23.9 Å². The lowest BCUT2D eigenvalue weighted by Gasteiger charge is -2.36. The number of carbonyl (C=O) groups excluding carboxylic acids is 2. The molecule has 1 N–H and O–H groups in total. The number of benzene rings is 1. The molecule has 1 amide bonds. The predicted octanol–water partition coefficient (Wildman–Crippen LogP) is 3.50. The van der Waals surface area contributed by atoms with Gasteiger partial charge in [-0.3, -0.25) is 4.79 Å². The van der Waals surface area contributed by atoms with Crippen LogP contribution >= 0.6 is 11.8 Å². The Kier molecular flexibility index (Phi) is 7.50. The predicted molar refractivity (Wildman–Crippen MR) is 118 cm³/mol. The van der Waals surface area contributed by atoms with Crippen molar-refractivity contribution in [3.8, 4) is 0 Å². The molecule has 0 unspecified atom stereocenters. The van der Waals surface area contributed by atoms with Gasteiger partial charge in [0.2, 0.25) is 5.91 Å². The molecule has 0 aliphatic carbocycles. The Balaban J connectivity index is 1.97. The van der Waals surface area contributed by atoms with Crippen LogP contribution in [0, 0.1) is 5.82 Å². The van der Waals surface area contributed by atoms with Gasteiger partial charge in [0.15, 0.2) is 5.17 Å². The molecule has 0 radical (unpaired) electrons. The number of rotatable bonds is 8. The molecule has 0 aromatic heterocycles. The first-order valence-electron chi connectivity index (χ1n) is 9.98. The number of ether oxygens (including phenoxy) is 2. The van der Waals surface area contributed by atoms with Crippen LogP contribution in [0.3, 0.4) is 0 Å². The molecule has 1 atom stereocenters. The normalized spacial score (nSPS) is 18.0.